The molecule has 1 radical (unpaired) electrons. The summed E-state index contributed by atoms with van der Waals surface area (Å²) < 4.78 is 0. The molecule has 0 aromatic rings. The topological polar surface area (TPSA) is 34.1 Å². The Morgan fingerprint density at radius 2 is 2.00 bits per heavy atom. The van der Waals surface area contributed by atoms with Gasteiger partial charge in [-0.15, -0.1) is 0 Å². The number of carbonyl (C=O) groups is 1. The third-order valence-electron chi connectivity index (χ3n) is 2.36. The number of hydrogen-bond donors (Lipinski definition) is 0. The molecule has 1 unspecified atom stereocenters. The molecule has 0 aromatic heterocycles. The minimum Gasteiger partial charge on any atom is -0.303 e. The van der Waals surface area contributed by atoms with Crippen molar-refractivity contribution >= 4 is 12.6 Å². The van der Waals surface area contributed by atoms with E-state index in [9.17, 15) is 9.59 Å². The Morgan fingerprint density at radius 3 is 2.46 bits per heavy atom. The van der Waals surface area contributed by atoms with Gasteiger partial charge in [0.1, 0.15) is 6.29 Å². The highest BCUT2D eigenvalue weighted by Crippen LogP contribution is 2.25. The Bertz CT molecular complexity index is 154. The SMILES string of the molecule is CCCCCCC(C)([C]=O)CC=O. The van der Waals surface area contributed by atoms with Crippen LogP contribution in [0.1, 0.15) is 52.4 Å². The van der Waals surface area contributed by atoms with Gasteiger partial charge >= 0.3 is 0 Å². The van der Waals surface area contributed by atoms with E-state index in [2.05, 4.69) is 6.92 Å². The highest BCUT2D eigenvalue weighted by atomic mass is 16.1. The van der Waals surface area contributed by atoms with Crippen LogP contribution in [-0.2, 0) is 9.59 Å². The summed E-state index contributed by atoms with van der Waals surface area (Å²) in [6, 6.07) is 0. The average Bonchev–Trinajstić information content (AvgIpc) is 2.13. The van der Waals surface area contributed by atoms with Crippen molar-refractivity contribution in [3.05, 3.63) is 0 Å². The first-order chi connectivity index (χ1) is 6.18. The fraction of sp³-hybridized carbons (Fsp3) is 0.818. The smallest absolute Gasteiger partial charge is 0.205 e. The van der Waals surface area contributed by atoms with Gasteiger partial charge < -0.3 is 4.79 Å². The number of rotatable bonds is 8. The van der Waals surface area contributed by atoms with Crippen LogP contribution in [0.3, 0.4) is 0 Å². The molecule has 0 amide bonds. The van der Waals surface area contributed by atoms with Gasteiger partial charge in [0.15, 0.2) is 0 Å². The van der Waals surface area contributed by atoms with E-state index in [1.54, 1.807) is 6.92 Å². The normalized spacial score (nSPS) is 14.9. The van der Waals surface area contributed by atoms with Crippen LogP contribution in [0, 0.1) is 5.41 Å². The molecule has 2 heteroatoms. The molecule has 0 fully saturated rings. The van der Waals surface area contributed by atoms with Crippen molar-refractivity contribution in [1.29, 1.82) is 0 Å². The second-order valence-corrected chi connectivity index (χ2v) is 3.84. The van der Waals surface area contributed by atoms with Gasteiger partial charge in [-0.25, -0.2) is 0 Å². The summed E-state index contributed by atoms with van der Waals surface area (Å²) in [6.07, 6.45) is 8.44. The fourth-order valence-electron chi connectivity index (χ4n) is 1.32. The Hall–Kier alpha value is -0.660. The van der Waals surface area contributed by atoms with Crippen LogP contribution in [0.2, 0.25) is 0 Å². The van der Waals surface area contributed by atoms with Gasteiger partial charge in [-0.05, 0) is 6.42 Å². The molecular weight excluding hydrogens is 164 g/mol. The van der Waals surface area contributed by atoms with Crippen LogP contribution in [0.5, 0.6) is 0 Å². The molecule has 0 heterocycles. The summed E-state index contributed by atoms with van der Waals surface area (Å²) in [5.41, 5.74) is -0.532. The monoisotopic (exact) mass is 183 g/mol. The summed E-state index contributed by atoms with van der Waals surface area (Å²) in [5, 5.41) is 0. The van der Waals surface area contributed by atoms with E-state index in [-0.39, 0.29) is 0 Å². The second kappa shape index (κ2) is 6.81. The van der Waals surface area contributed by atoms with E-state index in [4.69, 9.17) is 0 Å². The minimum absolute atomic E-state index is 0.308. The lowest BCUT2D eigenvalue weighted by molar-refractivity contribution is -0.109. The largest absolute Gasteiger partial charge is 0.303 e. The van der Waals surface area contributed by atoms with E-state index < -0.39 is 5.41 Å². The van der Waals surface area contributed by atoms with Crippen molar-refractivity contribution in [3.63, 3.8) is 0 Å². The molecule has 0 bridgehead atoms. The number of unbranched alkanes of at least 4 members (excludes halogenated alkanes) is 3. The molecular formula is C11H19O2. The molecule has 13 heavy (non-hydrogen) atoms. The van der Waals surface area contributed by atoms with Crippen LogP contribution < -0.4 is 0 Å². The molecule has 1 atom stereocenters. The van der Waals surface area contributed by atoms with Gasteiger partial charge in [-0.1, -0.05) is 39.5 Å². The fourth-order valence-corrected chi connectivity index (χ4v) is 1.32. The summed E-state index contributed by atoms with van der Waals surface area (Å²) in [7, 11) is 0. The molecule has 0 saturated heterocycles. The van der Waals surface area contributed by atoms with Crippen molar-refractivity contribution in [2.75, 3.05) is 0 Å². The van der Waals surface area contributed by atoms with E-state index in [1.165, 1.54) is 12.8 Å². The van der Waals surface area contributed by atoms with Gasteiger partial charge in [0.05, 0.1) is 0 Å². The van der Waals surface area contributed by atoms with Crippen molar-refractivity contribution in [1.82, 2.24) is 0 Å². The van der Waals surface area contributed by atoms with E-state index in [0.717, 1.165) is 25.5 Å². The van der Waals surface area contributed by atoms with Gasteiger partial charge in [0.25, 0.3) is 0 Å². The maximum atomic E-state index is 10.6. The van der Waals surface area contributed by atoms with E-state index in [1.807, 2.05) is 6.29 Å². The van der Waals surface area contributed by atoms with Crippen LogP contribution in [0.4, 0.5) is 0 Å². The molecule has 2 nitrogen and oxygen atoms in total. The minimum atomic E-state index is -0.532. The molecule has 75 valence electrons. The quantitative estimate of drug-likeness (QED) is 0.428. The van der Waals surface area contributed by atoms with E-state index in [0.29, 0.717) is 6.42 Å². The highest BCUT2D eigenvalue weighted by Gasteiger charge is 2.23. The lowest BCUT2D eigenvalue weighted by atomic mass is 9.83. The van der Waals surface area contributed by atoms with Crippen molar-refractivity contribution in [3.8, 4) is 0 Å². The third-order valence-corrected chi connectivity index (χ3v) is 2.36. The van der Waals surface area contributed by atoms with Crippen molar-refractivity contribution in [2.45, 2.75) is 52.4 Å². The highest BCUT2D eigenvalue weighted by molar-refractivity contribution is 5.66. The summed E-state index contributed by atoms with van der Waals surface area (Å²) in [5.74, 6) is 0. The molecule has 0 rings (SSSR count). The first-order valence-electron chi connectivity index (χ1n) is 5.01. The molecule has 0 aromatic carbocycles. The average molecular weight is 183 g/mol. The van der Waals surface area contributed by atoms with Crippen LogP contribution >= 0.6 is 0 Å². The lowest BCUT2D eigenvalue weighted by Gasteiger charge is -2.18. The summed E-state index contributed by atoms with van der Waals surface area (Å²) in [4.78, 5) is 20.9. The van der Waals surface area contributed by atoms with Crippen LogP contribution in [0.25, 0.3) is 0 Å². The molecule has 0 aliphatic heterocycles. The van der Waals surface area contributed by atoms with Gasteiger partial charge in [0, 0.05) is 11.8 Å². The summed E-state index contributed by atoms with van der Waals surface area (Å²) >= 11 is 0. The van der Waals surface area contributed by atoms with Gasteiger partial charge in [0.2, 0.25) is 6.29 Å². The molecule has 0 N–H and O–H groups in total. The zero-order chi connectivity index (χ0) is 10.2. The Balaban J connectivity index is 3.69. The molecule has 0 aliphatic carbocycles. The first-order valence-corrected chi connectivity index (χ1v) is 5.01. The lowest BCUT2D eigenvalue weighted by Crippen LogP contribution is -2.18. The van der Waals surface area contributed by atoms with Crippen molar-refractivity contribution < 1.29 is 9.59 Å². The Labute approximate surface area is 80.7 Å². The maximum absolute atomic E-state index is 10.6. The van der Waals surface area contributed by atoms with E-state index >= 15 is 0 Å². The maximum Gasteiger partial charge on any atom is 0.205 e. The van der Waals surface area contributed by atoms with Crippen LogP contribution in [0.15, 0.2) is 0 Å². The zero-order valence-corrected chi connectivity index (χ0v) is 8.64. The number of aldehydes is 1. The number of hydrogen-bond acceptors (Lipinski definition) is 2. The van der Waals surface area contributed by atoms with Gasteiger partial charge in [-0.2, -0.15) is 0 Å². The van der Waals surface area contributed by atoms with Crippen molar-refractivity contribution in [2.24, 2.45) is 5.41 Å². The van der Waals surface area contributed by atoms with Gasteiger partial charge in [-0.3, -0.25) is 4.79 Å². The first kappa shape index (κ1) is 12.3. The zero-order valence-electron chi connectivity index (χ0n) is 8.64. The predicted octanol–water partition coefficient (Wildman–Crippen LogP) is 2.66. The standard InChI is InChI=1S/C11H19O2/c1-3-4-5-6-7-11(2,10-13)8-9-12/h9H,3-8H2,1-2H3. The molecule has 0 aliphatic rings. The number of carbonyl (C=O) groups excluding carboxylic acids is 2. The second-order valence-electron chi connectivity index (χ2n) is 3.84. The predicted molar refractivity (Wildman–Crippen MR) is 53.2 cm³/mol. The summed E-state index contributed by atoms with van der Waals surface area (Å²) in [6.45, 7) is 3.96. The third kappa shape index (κ3) is 5.56. The Kier molecular flexibility index (Phi) is 6.47. The molecule has 0 saturated carbocycles. The van der Waals surface area contributed by atoms with Crippen LogP contribution in [-0.4, -0.2) is 12.6 Å². The Morgan fingerprint density at radius 1 is 1.31 bits per heavy atom. The molecule has 0 spiro atoms.